The maximum absolute atomic E-state index is 10.9. The molecule has 0 amide bonds. The summed E-state index contributed by atoms with van der Waals surface area (Å²) in [5.74, 6) is 1.44. The van der Waals surface area contributed by atoms with Gasteiger partial charge in [0, 0.05) is 13.0 Å². The molecule has 0 fully saturated rings. The Hall–Kier alpha value is -2.79. The van der Waals surface area contributed by atoms with Crippen molar-refractivity contribution in [1.82, 2.24) is 5.48 Å². The van der Waals surface area contributed by atoms with Gasteiger partial charge in [0.25, 0.3) is 0 Å². The van der Waals surface area contributed by atoms with Crippen LogP contribution in [0.1, 0.15) is 18.6 Å². The summed E-state index contributed by atoms with van der Waals surface area (Å²) in [5.41, 5.74) is 3.50. The molecule has 22 heavy (non-hydrogen) atoms. The molecule has 0 saturated heterocycles. The van der Waals surface area contributed by atoms with Crippen molar-refractivity contribution in [2.24, 2.45) is 0 Å². The molecule has 0 unspecified atom stereocenters. The summed E-state index contributed by atoms with van der Waals surface area (Å²) in [6, 6.07) is 17.1. The van der Waals surface area contributed by atoms with Crippen molar-refractivity contribution in [3.63, 3.8) is 0 Å². The Bertz CT molecular complexity index is 680. The first-order valence-corrected chi connectivity index (χ1v) is 6.85. The van der Waals surface area contributed by atoms with Gasteiger partial charge in [0.05, 0.1) is 0 Å². The fraction of sp³-hybridized carbons (Fsp3) is 0.118. The average molecular weight is 297 g/mol. The summed E-state index contributed by atoms with van der Waals surface area (Å²) < 4.78 is 10.7. The van der Waals surface area contributed by atoms with Gasteiger partial charge in [-0.2, -0.15) is 0 Å². The van der Waals surface area contributed by atoms with Gasteiger partial charge < -0.3 is 9.47 Å². The minimum atomic E-state index is -0.394. The van der Waals surface area contributed by atoms with Crippen LogP contribution in [0.3, 0.4) is 0 Å². The van der Waals surface area contributed by atoms with Gasteiger partial charge in [0.1, 0.15) is 17.6 Å². The maximum atomic E-state index is 10.9. The zero-order valence-corrected chi connectivity index (χ0v) is 12.0. The SMILES string of the molecule is CC(=O)OC1=C[C@H](c2ccc(Oc3ccccc3)cc2)ON1. The van der Waals surface area contributed by atoms with Crippen LogP contribution >= 0.6 is 0 Å². The van der Waals surface area contributed by atoms with E-state index in [9.17, 15) is 4.79 Å². The van der Waals surface area contributed by atoms with E-state index in [4.69, 9.17) is 14.3 Å². The van der Waals surface area contributed by atoms with Gasteiger partial charge in [-0.25, -0.2) is 5.48 Å². The van der Waals surface area contributed by atoms with E-state index in [1.165, 1.54) is 6.92 Å². The molecule has 0 aliphatic carbocycles. The molecule has 1 aliphatic heterocycles. The van der Waals surface area contributed by atoms with E-state index < -0.39 is 5.97 Å². The molecule has 2 aromatic rings. The smallest absolute Gasteiger partial charge is 0.309 e. The summed E-state index contributed by atoms with van der Waals surface area (Å²) in [6.45, 7) is 1.34. The molecule has 0 radical (unpaired) electrons. The summed E-state index contributed by atoms with van der Waals surface area (Å²) >= 11 is 0. The van der Waals surface area contributed by atoms with Crippen LogP contribution in [-0.2, 0) is 14.4 Å². The number of hydrogen-bond acceptors (Lipinski definition) is 5. The van der Waals surface area contributed by atoms with Gasteiger partial charge >= 0.3 is 5.97 Å². The Morgan fingerprint density at radius 3 is 2.41 bits per heavy atom. The molecule has 0 bridgehead atoms. The highest BCUT2D eigenvalue weighted by Gasteiger charge is 2.20. The lowest BCUT2D eigenvalue weighted by molar-refractivity contribution is -0.139. The van der Waals surface area contributed by atoms with Gasteiger partial charge in [0.15, 0.2) is 0 Å². The van der Waals surface area contributed by atoms with E-state index in [0.29, 0.717) is 5.88 Å². The predicted molar refractivity (Wildman–Crippen MR) is 79.8 cm³/mol. The molecule has 2 aromatic carbocycles. The van der Waals surface area contributed by atoms with E-state index in [0.717, 1.165) is 17.1 Å². The van der Waals surface area contributed by atoms with Crippen molar-refractivity contribution in [1.29, 1.82) is 0 Å². The largest absolute Gasteiger partial charge is 0.457 e. The molecular weight excluding hydrogens is 282 g/mol. The first kappa shape index (κ1) is 14.2. The topological polar surface area (TPSA) is 56.8 Å². The average Bonchev–Trinajstić information content (AvgIpc) is 2.97. The molecule has 3 rings (SSSR count). The van der Waals surface area contributed by atoms with Crippen LogP contribution in [0.5, 0.6) is 11.5 Å². The van der Waals surface area contributed by atoms with Crippen molar-refractivity contribution < 1.29 is 19.1 Å². The summed E-state index contributed by atoms with van der Waals surface area (Å²) in [7, 11) is 0. The second-order valence-electron chi connectivity index (χ2n) is 4.75. The predicted octanol–water partition coefficient (Wildman–Crippen LogP) is 3.46. The van der Waals surface area contributed by atoms with Crippen molar-refractivity contribution in [2.45, 2.75) is 13.0 Å². The number of benzene rings is 2. The van der Waals surface area contributed by atoms with Crippen LogP contribution in [-0.4, -0.2) is 5.97 Å². The van der Waals surface area contributed by atoms with Gasteiger partial charge in [-0.1, -0.05) is 30.3 Å². The van der Waals surface area contributed by atoms with Crippen molar-refractivity contribution in [3.05, 3.63) is 72.1 Å². The zero-order valence-electron chi connectivity index (χ0n) is 12.0. The van der Waals surface area contributed by atoms with E-state index >= 15 is 0 Å². The fourth-order valence-electron chi connectivity index (χ4n) is 2.05. The molecule has 0 spiro atoms. The second-order valence-corrected chi connectivity index (χ2v) is 4.75. The summed E-state index contributed by atoms with van der Waals surface area (Å²) in [4.78, 5) is 16.2. The number of hydrogen-bond donors (Lipinski definition) is 1. The number of para-hydroxylation sites is 1. The molecule has 1 aliphatic rings. The Balaban J connectivity index is 1.67. The van der Waals surface area contributed by atoms with Crippen LogP contribution in [0.25, 0.3) is 0 Å². The molecule has 5 heteroatoms. The number of nitrogens with one attached hydrogen (secondary N) is 1. The quantitative estimate of drug-likeness (QED) is 0.876. The van der Waals surface area contributed by atoms with Crippen LogP contribution in [0.2, 0.25) is 0 Å². The van der Waals surface area contributed by atoms with Gasteiger partial charge in [-0.15, -0.1) is 0 Å². The molecule has 112 valence electrons. The van der Waals surface area contributed by atoms with Crippen molar-refractivity contribution in [2.75, 3.05) is 0 Å². The van der Waals surface area contributed by atoms with E-state index in [2.05, 4.69) is 5.48 Å². The number of esters is 1. The number of rotatable bonds is 4. The van der Waals surface area contributed by atoms with Crippen molar-refractivity contribution in [3.8, 4) is 11.5 Å². The molecule has 0 saturated carbocycles. The van der Waals surface area contributed by atoms with Crippen LogP contribution in [0.4, 0.5) is 0 Å². The summed E-state index contributed by atoms with van der Waals surface area (Å²) in [5, 5.41) is 0. The lowest BCUT2D eigenvalue weighted by Gasteiger charge is -2.09. The molecular formula is C17H15NO4. The zero-order chi connectivity index (χ0) is 15.4. The highest BCUT2D eigenvalue weighted by Crippen LogP contribution is 2.27. The normalized spacial score (nSPS) is 16.6. The van der Waals surface area contributed by atoms with E-state index in [1.807, 2.05) is 54.6 Å². The lowest BCUT2D eigenvalue weighted by Crippen LogP contribution is -2.12. The Morgan fingerprint density at radius 1 is 1.05 bits per heavy atom. The Kier molecular flexibility index (Phi) is 4.07. The second kappa shape index (κ2) is 6.32. The molecule has 0 aromatic heterocycles. The standard InChI is InChI=1S/C17H15NO4/c1-12(19)20-17-11-16(22-18-17)13-7-9-15(10-8-13)21-14-5-3-2-4-6-14/h2-11,16,18H,1H3/t16-/m1/s1. The number of carbonyl (C=O) groups is 1. The van der Waals surface area contributed by atoms with E-state index in [-0.39, 0.29) is 6.10 Å². The van der Waals surface area contributed by atoms with Gasteiger partial charge in [-0.05, 0) is 29.8 Å². The van der Waals surface area contributed by atoms with Crippen molar-refractivity contribution >= 4 is 5.97 Å². The third-order valence-electron chi connectivity index (χ3n) is 3.03. The minimum Gasteiger partial charge on any atom is -0.457 e. The minimum absolute atomic E-state index is 0.305. The first-order valence-electron chi connectivity index (χ1n) is 6.85. The van der Waals surface area contributed by atoms with Crippen LogP contribution in [0.15, 0.2) is 66.6 Å². The highest BCUT2D eigenvalue weighted by molar-refractivity contribution is 5.67. The third kappa shape index (κ3) is 3.45. The molecule has 5 nitrogen and oxygen atoms in total. The number of carbonyl (C=O) groups excluding carboxylic acids is 1. The third-order valence-corrected chi connectivity index (χ3v) is 3.03. The van der Waals surface area contributed by atoms with Gasteiger partial charge in [-0.3, -0.25) is 9.63 Å². The maximum Gasteiger partial charge on any atom is 0.309 e. The molecule has 1 atom stereocenters. The number of hydroxylamine groups is 1. The van der Waals surface area contributed by atoms with Crippen LogP contribution in [0, 0.1) is 0 Å². The summed E-state index contributed by atoms with van der Waals surface area (Å²) in [6.07, 6.45) is 1.40. The highest BCUT2D eigenvalue weighted by atomic mass is 16.7. The molecule has 1 heterocycles. The Labute approximate surface area is 128 Å². The fourth-order valence-corrected chi connectivity index (χ4v) is 2.05. The van der Waals surface area contributed by atoms with Crippen LogP contribution < -0.4 is 10.2 Å². The van der Waals surface area contributed by atoms with E-state index in [1.54, 1.807) is 6.08 Å². The monoisotopic (exact) mass is 297 g/mol. The lowest BCUT2D eigenvalue weighted by atomic mass is 10.1. The van der Waals surface area contributed by atoms with Gasteiger partial charge in [0.2, 0.25) is 5.88 Å². The number of ether oxygens (including phenoxy) is 2. The Morgan fingerprint density at radius 2 is 1.73 bits per heavy atom. The molecule has 1 N–H and O–H groups in total. The first-order chi connectivity index (χ1) is 10.7.